The molecule has 0 saturated carbocycles. The quantitative estimate of drug-likeness (QED) is 0.199. The normalized spacial score (nSPS) is 12.3. The van der Waals surface area contributed by atoms with Crippen molar-refractivity contribution in [1.82, 2.24) is 9.13 Å². The lowest BCUT2D eigenvalue weighted by molar-refractivity contribution is 0.968. The van der Waals surface area contributed by atoms with Crippen LogP contribution in [0.2, 0.25) is 0 Å². The number of rotatable bonds is 4. The Morgan fingerprint density at radius 1 is 0.562 bits per heavy atom. The van der Waals surface area contributed by atoms with Crippen LogP contribution in [0.25, 0.3) is 72.4 Å². The van der Waals surface area contributed by atoms with Gasteiger partial charge in [0.05, 0.1) is 39.4 Å². The van der Waals surface area contributed by atoms with Gasteiger partial charge in [-0.3, -0.25) is 0 Å². The maximum Gasteiger partial charge on any atom is 0.101 e. The van der Waals surface area contributed by atoms with Crippen molar-refractivity contribution < 1.29 is 0 Å². The molecule has 2 aromatic heterocycles. The molecule has 8 aromatic rings. The van der Waals surface area contributed by atoms with E-state index < -0.39 is 0 Å². The molecule has 4 nitrogen and oxygen atoms in total. The smallest absolute Gasteiger partial charge is 0.101 e. The molecule has 0 saturated heterocycles. The maximum absolute atomic E-state index is 9.98. The monoisotopic (exact) mass is 612 g/mol. The topological polar surface area (TPSA) is 57.4 Å². The number of hydrogen-bond donors (Lipinski definition) is 0. The zero-order valence-electron chi connectivity index (χ0n) is 26.1. The Morgan fingerprint density at radius 3 is 2.10 bits per heavy atom. The molecule has 2 heterocycles. The standard InChI is InChI=1S/C44H28N4/c45-27-29-19-24-43(48-41-17-5-1-12-35(41)36-13-2-6-18-42(36)48)39(25-29)32-10-7-9-31(26-32)30-20-22-34(23-21-30)47-40-16-4-3-14-37(40)38-15-8-11-33(28-46)44(38)47/h1,3-12,14-26H,2,13H2. The number of aromatic nitrogens is 2. The second kappa shape index (κ2) is 11.0. The summed E-state index contributed by atoms with van der Waals surface area (Å²) in [5, 5.41) is 23.4. The Balaban J connectivity index is 1.17. The fourth-order valence-electron chi connectivity index (χ4n) is 7.52. The average Bonchev–Trinajstić information content (AvgIpc) is 3.68. The van der Waals surface area contributed by atoms with E-state index in [-0.39, 0.29) is 0 Å². The first-order valence-electron chi connectivity index (χ1n) is 16.2. The number of benzene rings is 6. The molecule has 224 valence electrons. The predicted octanol–water partition coefficient (Wildman–Crippen LogP) is 10.8. The molecule has 0 fully saturated rings. The van der Waals surface area contributed by atoms with E-state index >= 15 is 0 Å². The summed E-state index contributed by atoms with van der Waals surface area (Å²) in [7, 11) is 0. The first kappa shape index (κ1) is 27.7. The number of para-hydroxylation sites is 3. The number of allylic oxidation sites excluding steroid dienone is 1. The summed E-state index contributed by atoms with van der Waals surface area (Å²) < 4.78 is 4.55. The molecule has 6 aromatic carbocycles. The summed E-state index contributed by atoms with van der Waals surface area (Å²) in [6.07, 6.45) is 6.56. The first-order chi connectivity index (χ1) is 23.7. The molecule has 4 heteroatoms. The molecule has 0 atom stereocenters. The fraction of sp³-hybridized carbons (Fsp3) is 0.0455. The highest BCUT2D eigenvalue weighted by Crippen LogP contribution is 2.39. The number of fused-ring (bicyclic) bond motifs is 6. The van der Waals surface area contributed by atoms with Gasteiger partial charge in [0.15, 0.2) is 0 Å². The van der Waals surface area contributed by atoms with Crippen LogP contribution in [0, 0.1) is 22.7 Å². The molecule has 0 radical (unpaired) electrons. The Kier molecular flexibility index (Phi) is 6.35. The fourth-order valence-corrected chi connectivity index (χ4v) is 7.52. The highest BCUT2D eigenvalue weighted by Gasteiger charge is 2.21. The van der Waals surface area contributed by atoms with Crippen LogP contribution in [-0.4, -0.2) is 9.13 Å². The van der Waals surface area contributed by atoms with Gasteiger partial charge in [-0.05, 0) is 95.8 Å². The molecular weight excluding hydrogens is 585 g/mol. The molecule has 0 unspecified atom stereocenters. The van der Waals surface area contributed by atoms with Crippen molar-refractivity contribution in [2.45, 2.75) is 12.8 Å². The van der Waals surface area contributed by atoms with Crippen LogP contribution >= 0.6 is 0 Å². The van der Waals surface area contributed by atoms with Crippen molar-refractivity contribution in [3.05, 3.63) is 162 Å². The van der Waals surface area contributed by atoms with E-state index in [1.54, 1.807) is 0 Å². The van der Waals surface area contributed by atoms with Crippen LogP contribution in [0.15, 0.2) is 140 Å². The Bertz CT molecular complexity index is 2690. The predicted molar refractivity (Wildman–Crippen MR) is 195 cm³/mol. The van der Waals surface area contributed by atoms with Crippen LogP contribution in [0.5, 0.6) is 0 Å². The summed E-state index contributed by atoms with van der Waals surface area (Å²) in [4.78, 5) is 0. The molecule has 0 bridgehead atoms. The maximum atomic E-state index is 9.98. The van der Waals surface area contributed by atoms with Crippen LogP contribution in [0.3, 0.4) is 0 Å². The third-order valence-electron chi connectivity index (χ3n) is 9.67. The highest BCUT2D eigenvalue weighted by atomic mass is 15.0. The van der Waals surface area contributed by atoms with Crippen molar-refractivity contribution in [3.8, 4) is 45.8 Å². The lowest BCUT2D eigenvalue weighted by Gasteiger charge is -2.17. The second-order valence-corrected chi connectivity index (χ2v) is 12.3. The van der Waals surface area contributed by atoms with Crippen molar-refractivity contribution in [1.29, 1.82) is 10.5 Å². The minimum absolute atomic E-state index is 0.632. The molecule has 9 rings (SSSR count). The number of nitriles is 2. The van der Waals surface area contributed by atoms with E-state index in [9.17, 15) is 10.5 Å². The summed E-state index contributed by atoms with van der Waals surface area (Å²) >= 11 is 0. The van der Waals surface area contributed by atoms with E-state index in [2.05, 4.69) is 130 Å². The Labute approximate surface area is 278 Å². The van der Waals surface area contributed by atoms with Gasteiger partial charge in [-0.25, -0.2) is 0 Å². The minimum atomic E-state index is 0.632. The Hall–Kier alpha value is -6.62. The SMILES string of the molecule is N#Cc1ccc(-n2c3c(c4ccccc42)CCC=C3)c(-c2cccc(-c3ccc(-n4c5ccccc5c5cccc(C#N)c54)cc3)c2)c1. The highest BCUT2D eigenvalue weighted by molar-refractivity contribution is 6.11. The summed E-state index contributed by atoms with van der Waals surface area (Å²) in [5.41, 5.74) is 13.4. The largest absolute Gasteiger partial charge is 0.309 e. The first-order valence-corrected chi connectivity index (χ1v) is 16.2. The van der Waals surface area contributed by atoms with Crippen molar-refractivity contribution in [2.24, 2.45) is 0 Å². The van der Waals surface area contributed by atoms with Gasteiger partial charge >= 0.3 is 0 Å². The molecular formula is C44H28N4. The van der Waals surface area contributed by atoms with Crippen molar-refractivity contribution in [2.75, 3.05) is 0 Å². The van der Waals surface area contributed by atoms with Gasteiger partial charge in [0.1, 0.15) is 6.07 Å². The van der Waals surface area contributed by atoms with Crippen molar-refractivity contribution in [3.63, 3.8) is 0 Å². The zero-order valence-corrected chi connectivity index (χ0v) is 26.1. The molecule has 1 aliphatic rings. The van der Waals surface area contributed by atoms with Gasteiger partial charge in [0, 0.05) is 33.1 Å². The van der Waals surface area contributed by atoms with Gasteiger partial charge in [-0.2, -0.15) is 10.5 Å². The van der Waals surface area contributed by atoms with E-state index in [1.807, 2.05) is 36.4 Å². The zero-order chi connectivity index (χ0) is 32.2. The van der Waals surface area contributed by atoms with Crippen LogP contribution in [0.1, 0.15) is 28.8 Å². The van der Waals surface area contributed by atoms with E-state index in [4.69, 9.17) is 0 Å². The molecule has 0 aliphatic heterocycles. The van der Waals surface area contributed by atoms with Crippen LogP contribution in [0.4, 0.5) is 0 Å². The van der Waals surface area contributed by atoms with Gasteiger partial charge in [-0.15, -0.1) is 0 Å². The molecule has 0 spiro atoms. The van der Waals surface area contributed by atoms with Gasteiger partial charge in [0.25, 0.3) is 0 Å². The van der Waals surface area contributed by atoms with Crippen LogP contribution < -0.4 is 0 Å². The van der Waals surface area contributed by atoms with Gasteiger partial charge in [-0.1, -0.05) is 84.9 Å². The van der Waals surface area contributed by atoms with Gasteiger partial charge < -0.3 is 9.13 Å². The van der Waals surface area contributed by atoms with E-state index in [1.165, 1.54) is 22.2 Å². The third-order valence-corrected chi connectivity index (χ3v) is 9.67. The second-order valence-electron chi connectivity index (χ2n) is 12.3. The average molecular weight is 613 g/mol. The molecule has 0 N–H and O–H groups in total. The summed E-state index contributed by atoms with van der Waals surface area (Å²) in [6.45, 7) is 0. The third kappa shape index (κ3) is 4.21. The number of nitrogens with zero attached hydrogens (tertiary/aromatic N) is 4. The number of hydrogen-bond acceptors (Lipinski definition) is 2. The summed E-state index contributed by atoms with van der Waals surface area (Å²) in [5.74, 6) is 0. The minimum Gasteiger partial charge on any atom is -0.309 e. The lowest BCUT2D eigenvalue weighted by atomic mass is 9.96. The van der Waals surface area contributed by atoms with E-state index in [0.717, 1.165) is 68.3 Å². The summed E-state index contributed by atoms with van der Waals surface area (Å²) in [6, 6.07) is 50.8. The molecule has 1 aliphatic carbocycles. The van der Waals surface area contributed by atoms with Crippen molar-refractivity contribution >= 4 is 38.8 Å². The van der Waals surface area contributed by atoms with Gasteiger partial charge in [0.2, 0.25) is 0 Å². The Morgan fingerprint density at radius 2 is 1.29 bits per heavy atom. The molecule has 0 amide bonds. The lowest BCUT2D eigenvalue weighted by Crippen LogP contribution is -2.02. The number of aryl methyl sites for hydroxylation is 1. The van der Waals surface area contributed by atoms with E-state index in [0.29, 0.717) is 11.1 Å². The van der Waals surface area contributed by atoms with Crippen LogP contribution in [-0.2, 0) is 6.42 Å². The molecule has 48 heavy (non-hydrogen) atoms.